The summed E-state index contributed by atoms with van der Waals surface area (Å²) >= 11 is 0. The molecule has 1 saturated heterocycles. The minimum Gasteiger partial charge on any atom is -0.496 e. The molecule has 132 valence electrons. The van der Waals surface area contributed by atoms with Gasteiger partial charge in [-0.05, 0) is 31.0 Å². The number of ether oxygens (including phenoxy) is 1. The molecule has 1 amide bonds. The zero-order valence-corrected chi connectivity index (χ0v) is 14.4. The number of methoxy groups -OCH3 is 1. The van der Waals surface area contributed by atoms with Crippen molar-refractivity contribution in [1.82, 2.24) is 4.90 Å². The molecule has 1 aliphatic rings. The van der Waals surface area contributed by atoms with Crippen molar-refractivity contribution in [2.24, 2.45) is 0 Å². The smallest absolute Gasteiger partial charge is 0.322 e. The van der Waals surface area contributed by atoms with Crippen LogP contribution in [0.3, 0.4) is 0 Å². The normalized spacial score (nSPS) is 18.0. The van der Waals surface area contributed by atoms with E-state index in [9.17, 15) is 23.3 Å². The first kappa shape index (κ1) is 18.4. The summed E-state index contributed by atoms with van der Waals surface area (Å²) in [6.07, 6.45) is 1.62. The van der Waals surface area contributed by atoms with Gasteiger partial charge < -0.3 is 14.7 Å². The Balaban J connectivity index is 2.07. The molecule has 0 spiro atoms. The minimum absolute atomic E-state index is 0.0315. The molecule has 8 heteroatoms. The fourth-order valence-electron chi connectivity index (χ4n) is 2.90. The van der Waals surface area contributed by atoms with Gasteiger partial charge in [0.05, 0.1) is 13.5 Å². The second kappa shape index (κ2) is 7.29. The zero-order valence-electron chi connectivity index (χ0n) is 13.6. The highest BCUT2D eigenvalue weighted by atomic mass is 32.2. The monoisotopic (exact) mass is 357 g/mol. The molecular formula is C16H20FNO5S. The van der Waals surface area contributed by atoms with E-state index in [1.807, 2.05) is 0 Å². The van der Waals surface area contributed by atoms with Crippen molar-refractivity contribution < 1.29 is 28.0 Å². The second-order valence-corrected chi connectivity index (χ2v) is 7.46. The number of hydrogen-bond donors (Lipinski definition) is 1. The molecule has 0 bridgehead atoms. The van der Waals surface area contributed by atoms with E-state index in [2.05, 4.69) is 0 Å². The predicted molar refractivity (Wildman–Crippen MR) is 86.9 cm³/mol. The molecule has 1 aliphatic heterocycles. The second-order valence-electron chi connectivity index (χ2n) is 5.77. The fraction of sp³-hybridized carbons (Fsp3) is 0.500. The molecule has 1 atom stereocenters. The molecule has 24 heavy (non-hydrogen) atoms. The van der Waals surface area contributed by atoms with Crippen LogP contribution in [0.4, 0.5) is 4.39 Å². The minimum atomic E-state index is -1.52. The van der Waals surface area contributed by atoms with Crippen molar-refractivity contribution in [2.45, 2.75) is 24.0 Å². The summed E-state index contributed by atoms with van der Waals surface area (Å²) in [5, 5.41) is 9.36. The first-order valence-corrected chi connectivity index (χ1v) is 9.03. The predicted octanol–water partition coefficient (Wildman–Crippen LogP) is 1.20. The molecule has 1 N–H and O–H groups in total. The van der Waals surface area contributed by atoms with Crippen molar-refractivity contribution in [3.05, 3.63) is 29.6 Å². The Labute approximate surface area is 142 Å². The molecule has 1 heterocycles. The van der Waals surface area contributed by atoms with Gasteiger partial charge in [-0.15, -0.1) is 0 Å². The van der Waals surface area contributed by atoms with Gasteiger partial charge in [0.2, 0.25) is 5.91 Å². The van der Waals surface area contributed by atoms with Crippen molar-refractivity contribution in [3.8, 4) is 5.75 Å². The zero-order chi connectivity index (χ0) is 17.9. The van der Waals surface area contributed by atoms with E-state index in [0.717, 1.165) is 0 Å². The summed E-state index contributed by atoms with van der Waals surface area (Å²) in [5.74, 6) is -1.36. The maximum atomic E-state index is 13.4. The molecule has 0 radical (unpaired) electrons. The number of carboxylic acids is 1. The van der Waals surface area contributed by atoms with Crippen LogP contribution < -0.4 is 4.74 Å². The molecule has 0 aromatic heterocycles. The van der Waals surface area contributed by atoms with Crippen LogP contribution in [0.5, 0.6) is 5.75 Å². The molecular weight excluding hydrogens is 337 g/mol. The van der Waals surface area contributed by atoms with Crippen LogP contribution in [0.15, 0.2) is 18.2 Å². The SMILES string of the molecule is COc1ccc(F)cc1CC(=O)N1CCC(C(=O)O)(S(C)=O)CC1. The number of amides is 1. The van der Waals surface area contributed by atoms with Gasteiger partial charge in [0.1, 0.15) is 16.3 Å². The van der Waals surface area contributed by atoms with Crippen LogP contribution in [0.2, 0.25) is 0 Å². The van der Waals surface area contributed by atoms with E-state index in [1.165, 1.54) is 36.5 Å². The molecule has 0 saturated carbocycles. The third-order valence-corrected chi connectivity index (χ3v) is 6.13. The lowest BCUT2D eigenvalue weighted by Crippen LogP contribution is -2.53. The van der Waals surface area contributed by atoms with Crippen LogP contribution in [0.1, 0.15) is 18.4 Å². The quantitative estimate of drug-likeness (QED) is 0.856. The van der Waals surface area contributed by atoms with Crippen LogP contribution in [-0.4, -0.2) is 57.3 Å². The average molecular weight is 357 g/mol. The Kier molecular flexibility index (Phi) is 5.58. The first-order chi connectivity index (χ1) is 11.3. The average Bonchev–Trinajstić information content (AvgIpc) is 2.54. The van der Waals surface area contributed by atoms with E-state index in [4.69, 9.17) is 4.74 Å². The van der Waals surface area contributed by atoms with Gasteiger partial charge >= 0.3 is 5.97 Å². The number of aliphatic carboxylic acids is 1. The summed E-state index contributed by atoms with van der Waals surface area (Å²) in [6.45, 7) is 0.421. The van der Waals surface area contributed by atoms with Crippen LogP contribution >= 0.6 is 0 Å². The van der Waals surface area contributed by atoms with Crippen LogP contribution in [0, 0.1) is 5.82 Å². The molecule has 6 nitrogen and oxygen atoms in total. The summed E-state index contributed by atoms with van der Waals surface area (Å²) in [4.78, 5) is 25.4. The third kappa shape index (κ3) is 3.58. The van der Waals surface area contributed by atoms with Gasteiger partial charge in [0, 0.05) is 35.7 Å². The number of benzene rings is 1. The Morgan fingerprint density at radius 1 is 1.38 bits per heavy atom. The molecule has 0 aliphatic carbocycles. The number of carbonyl (C=O) groups excluding carboxylic acids is 1. The van der Waals surface area contributed by atoms with Gasteiger partial charge in [-0.2, -0.15) is 0 Å². The Hall–Kier alpha value is -1.96. The number of halogens is 1. The number of likely N-dealkylation sites (tertiary alicyclic amines) is 1. The molecule has 1 aromatic rings. The van der Waals surface area contributed by atoms with Crippen molar-refractivity contribution in [1.29, 1.82) is 0 Å². The standard InChI is InChI=1S/C16H20FNO5S/c1-23-13-4-3-12(17)9-11(13)10-14(19)18-7-5-16(6-8-18,15(20)21)24(2)22/h3-4,9H,5-8,10H2,1-2H3,(H,20,21). The lowest BCUT2D eigenvalue weighted by Gasteiger charge is -2.37. The molecule has 1 unspecified atom stereocenters. The topological polar surface area (TPSA) is 83.9 Å². The first-order valence-electron chi connectivity index (χ1n) is 7.47. The number of nitrogens with zero attached hydrogens (tertiary/aromatic N) is 1. The van der Waals surface area contributed by atoms with E-state index in [1.54, 1.807) is 0 Å². The Bertz CT molecular complexity index is 654. The van der Waals surface area contributed by atoms with Gasteiger partial charge in [-0.3, -0.25) is 13.8 Å². The largest absolute Gasteiger partial charge is 0.496 e. The summed E-state index contributed by atoms with van der Waals surface area (Å²) in [7, 11) is -0.0778. The Morgan fingerprint density at radius 3 is 2.50 bits per heavy atom. The van der Waals surface area contributed by atoms with Crippen LogP contribution in [-0.2, 0) is 26.8 Å². The fourth-order valence-corrected chi connectivity index (χ4v) is 3.91. The number of hydrogen-bond acceptors (Lipinski definition) is 4. The number of carboxylic acid groups (broad SMARTS) is 1. The van der Waals surface area contributed by atoms with Gasteiger partial charge in [-0.25, -0.2) is 4.39 Å². The highest BCUT2D eigenvalue weighted by Crippen LogP contribution is 2.29. The summed E-state index contributed by atoms with van der Waals surface area (Å²) < 4.78 is 29.0. The van der Waals surface area contributed by atoms with Crippen LogP contribution in [0.25, 0.3) is 0 Å². The molecule has 1 aromatic carbocycles. The molecule has 1 fully saturated rings. The third-order valence-electron chi connectivity index (χ3n) is 4.45. The molecule has 2 rings (SSSR count). The maximum Gasteiger partial charge on any atom is 0.322 e. The number of carbonyl (C=O) groups is 2. The number of rotatable bonds is 5. The van der Waals surface area contributed by atoms with E-state index in [-0.39, 0.29) is 38.3 Å². The lowest BCUT2D eigenvalue weighted by molar-refractivity contribution is -0.143. The van der Waals surface area contributed by atoms with E-state index in [0.29, 0.717) is 11.3 Å². The highest BCUT2D eigenvalue weighted by Gasteiger charge is 2.46. The maximum absolute atomic E-state index is 13.4. The summed E-state index contributed by atoms with van der Waals surface area (Å²) in [6, 6.07) is 3.97. The van der Waals surface area contributed by atoms with Crippen molar-refractivity contribution >= 4 is 22.7 Å². The van der Waals surface area contributed by atoms with E-state index < -0.39 is 27.3 Å². The number of piperidine rings is 1. The Morgan fingerprint density at radius 2 is 2.00 bits per heavy atom. The summed E-state index contributed by atoms with van der Waals surface area (Å²) in [5.41, 5.74) is 0.441. The van der Waals surface area contributed by atoms with Gasteiger partial charge in [0.15, 0.2) is 0 Å². The van der Waals surface area contributed by atoms with Crippen molar-refractivity contribution in [2.75, 3.05) is 26.5 Å². The van der Waals surface area contributed by atoms with E-state index >= 15 is 0 Å². The van der Waals surface area contributed by atoms with Crippen molar-refractivity contribution in [3.63, 3.8) is 0 Å². The highest BCUT2D eigenvalue weighted by molar-refractivity contribution is 7.86. The lowest BCUT2D eigenvalue weighted by atomic mass is 9.95. The van der Waals surface area contributed by atoms with Gasteiger partial charge in [0.25, 0.3) is 0 Å². The van der Waals surface area contributed by atoms with Gasteiger partial charge in [-0.1, -0.05) is 0 Å².